The lowest BCUT2D eigenvalue weighted by molar-refractivity contribution is 0.876. The Labute approximate surface area is 115 Å². The minimum Gasteiger partial charge on any atom is -0.395 e. The van der Waals surface area contributed by atoms with Gasteiger partial charge in [0.05, 0.1) is 27.6 Å². The SMILES string of the molecule is CC(Nc1ccc2scnc2c1N)c1cccnc1. The van der Waals surface area contributed by atoms with Gasteiger partial charge in [0, 0.05) is 12.4 Å². The number of aromatic nitrogens is 2. The fraction of sp³-hybridized carbons (Fsp3) is 0.143. The average molecular weight is 270 g/mol. The maximum Gasteiger partial charge on any atom is 0.106 e. The molecule has 1 aromatic carbocycles. The Hall–Kier alpha value is -2.14. The lowest BCUT2D eigenvalue weighted by atomic mass is 10.1. The fourth-order valence-corrected chi connectivity index (χ4v) is 2.72. The van der Waals surface area contributed by atoms with Crippen LogP contribution in [0.3, 0.4) is 0 Å². The number of thiazole rings is 1. The molecule has 3 N–H and O–H groups in total. The highest BCUT2D eigenvalue weighted by molar-refractivity contribution is 7.16. The molecule has 5 heteroatoms. The Kier molecular flexibility index (Phi) is 3.05. The quantitative estimate of drug-likeness (QED) is 0.715. The molecule has 0 fully saturated rings. The van der Waals surface area contributed by atoms with Gasteiger partial charge in [-0.3, -0.25) is 4.98 Å². The van der Waals surface area contributed by atoms with E-state index in [1.165, 1.54) is 0 Å². The summed E-state index contributed by atoms with van der Waals surface area (Å²) in [7, 11) is 0. The van der Waals surface area contributed by atoms with Crippen LogP contribution in [0.2, 0.25) is 0 Å². The second-order valence-electron chi connectivity index (χ2n) is 4.38. The first-order valence-electron chi connectivity index (χ1n) is 6.04. The van der Waals surface area contributed by atoms with Gasteiger partial charge in [-0.1, -0.05) is 6.07 Å². The number of benzene rings is 1. The number of hydrogen-bond donors (Lipinski definition) is 2. The molecular formula is C14H14N4S. The molecule has 3 aromatic rings. The van der Waals surface area contributed by atoms with E-state index in [-0.39, 0.29) is 6.04 Å². The van der Waals surface area contributed by atoms with Gasteiger partial charge >= 0.3 is 0 Å². The molecule has 96 valence electrons. The Morgan fingerprint density at radius 1 is 1.32 bits per heavy atom. The first-order valence-corrected chi connectivity index (χ1v) is 6.92. The Bertz CT molecular complexity index is 693. The molecule has 0 aliphatic heterocycles. The molecule has 1 unspecified atom stereocenters. The van der Waals surface area contributed by atoms with E-state index in [1.807, 2.05) is 36.0 Å². The Morgan fingerprint density at radius 2 is 2.21 bits per heavy atom. The van der Waals surface area contributed by atoms with Gasteiger partial charge in [-0.25, -0.2) is 4.98 Å². The van der Waals surface area contributed by atoms with Crippen LogP contribution in [-0.4, -0.2) is 9.97 Å². The average Bonchev–Trinajstić information content (AvgIpc) is 2.92. The number of nitrogen functional groups attached to an aromatic ring is 1. The molecule has 0 saturated carbocycles. The van der Waals surface area contributed by atoms with Crippen molar-refractivity contribution < 1.29 is 0 Å². The second kappa shape index (κ2) is 4.85. The van der Waals surface area contributed by atoms with Crippen molar-refractivity contribution in [2.75, 3.05) is 11.1 Å². The first kappa shape index (κ1) is 11.9. The van der Waals surface area contributed by atoms with Crippen LogP contribution in [0, 0.1) is 0 Å². The highest BCUT2D eigenvalue weighted by Gasteiger charge is 2.10. The lowest BCUT2D eigenvalue weighted by Gasteiger charge is -2.16. The highest BCUT2D eigenvalue weighted by Crippen LogP contribution is 2.31. The Morgan fingerprint density at radius 3 is 3.00 bits per heavy atom. The van der Waals surface area contributed by atoms with Crippen LogP contribution >= 0.6 is 11.3 Å². The van der Waals surface area contributed by atoms with E-state index in [9.17, 15) is 0 Å². The molecule has 2 aromatic heterocycles. The largest absolute Gasteiger partial charge is 0.395 e. The second-order valence-corrected chi connectivity index (χ2v) is 5.26. The number of anilines is 2. The topological polar surface area (TPSA) is 63.8 Å². The predicted molar refractivity (Wildman–Crippen MR) is 80.3 cm³/mol. The molecule has 0 aliphatic carbocycles. The highest BCUT2D eigenvalue weighted by atomic mass is 32.1. The first-order chi connectivity index (χ1) is 9.25. The molecule has 0 aliphatic rings. The number of nitrogens with two attached hydrogens (primary N) is 1. The summed E-state index contributed by atoms with van der Waals surface area (Å²) in [6.07, 6.45) is 3.63. The van der Waals surface area contributed by atoms with Gasteiger partial charge in [-0.05, 0) is 30.7 Å². The van der Waals surface area contributed by atoms with Crippen molar-refractivity contribution in [3.63, 3.8) is 0 Å². The minimum atomic E-state index is 0.145. The third-order valence-electron chi connectivity index (χ3n) is 3.10. The van der Waals surface area contributed by atoms with Gasteiger partial charge < -0.3 is 11.1 Å². The smallest absolute Gasteiger partial charge is 0.106 e. The number of fused-ring (bicyclic) bond motifs is 1. The molecule has 1 atom stereocenters. The molecule has 0 amide bonds. The third-order valence-corrected chi connectivity index (χ3v) is 3.89. The van der Waals surface area contributed by atoms with Gasteiger partial charge in [-0.15, -0.1) is 11.3 Å². The van der Waals surface area contributed by atoms with Crippen molar-refractivity contribution in [2.45, 2.75) is 13.0 Å². The van der Waals surface area contributed by atoms with Crippen LogP contribution in [0.15, 0.2) is 42.2 Å². The maximum absolute atomic E-state index is 6.16. The summed E-state index contributed by atoms with van der Waals surface area (Å²) in [5.74, 6) is 0. The summed E-state index contributed by atoms with van der Waals surface area (Å²) in [6.45, 7) is 2.09. The van der Waals surface area contributed by atoms with Gasteiger partial charge in [-0.2, -0.15) is 0 Å². The molecule has 0 saturated heterocycles. The van der Waals surface area contributed by atoms with Crippen molar-refractivity contribution in [3.8, 4) is 0 Å². The molecule has 19 heavy (non-hydrogen) atoms. The molecule has 0 radical (unpaired) electrons. The molecular weight excluding hydrogens is 256 g/mol. The van der Waals surface area contributed by atoms with Gasteiger partial charge in [0.2, 0.25) is 0 Å². The summed E-state index contributed by atoms with van der Waals surface area (Å²) in [4.78, 5) is 8.43. The zero-order valence-electron chi connectivity index (χ0n) is 10.5. The van der Waals surface area contributed by atoms with E-state index < -0.39 is 0 Å². The van der Waals surface area contributed by atoms with Crippen molar-refractivity contribution >= 4 is 32.9 Å². The van der Waals surface area contributed by atoms with Crippen molar-refractivity contribution in [1.29, 1.82) is 0 Å². The number of pyridine rings is 1. The number of nitrogens with zero attached hydrogens (tertiary/aromatic N) is 2. The third kappa shape index (κ3) is 2.24. The van der Waals surface area contributed by atoms with Crippen LogP contribution in [0.1, 0.15) is 18.5 Å². The summed E-state index contributed by atoms with van der Waals surface area (Å²) in [6, 6.07) is 8.17. The van der Waals surface area contributed by atoms with Crippen LogP contribution in [0.25, 0.3) is 10.2 Å². The van der Waals surface area contributed by atoms with E-state index in [0.29, 0.717) is 5.69 Å². The standard InChI is InChI=1S/C14H14N4S/c1-9(10-3-2-6-16-7-10)18-11-4-5-12-14(13(11)15)17-8-19-12/h2-9,18H,15H2,1H3. The van der Waals surface area contributed by atoms with Gasteiger partial charge in [0.25, 0.3) is 0 Å². The summed E-state index contributed by atoms with van der Waals surface area (Å²) in [5.41, 5.74) is 11.6. The van der Waals surface area contributed by atoms with Crippen LogP contribution in [-0.2, 0) is 0 Å². The fourth-order valence-electron chi connectivity index (χ4n) is 2.03. The number of hydrogen-bond acceptors (Lipinski definition) is 5. The minimum absolute atomic E-state index is 0.145. The molecule has 2 heterocycles. The maximum atomic E-state index is 6.16. The molecule has 4 nitrogen and oxygen atoms in total. The summed E-state index contributed by atoms with van der Waals surface area (Å²) < 4.78 is 1.11. The van der Waals surface area contributed by atoms with E-state index in [0.717, 1.165) is 21.5 Å². The Balaban J connectivity index is 1.91. The van der Waals surface area contributed by atoms with Gasteiger partial charge in [0.1, 0.15) is 5.52 Å². The van der Waals surface area contributed by atoms with E-state index in [2.05, 4.69) is 22.2 Å². The van der Waals surface area contributed by atoms with Crippen LogP contribution < -0.4 is 11.1 Å². The molecule has 3 rings (SSSR count). The van der Waals surface area contributed by atoms with Crippen molar-refractivity contribution in [2.24, 2.45) is 0 Å². The number of rotatable bonds is 3. The van der Waals surface area contributed by atoms with E-state index >= 15 is 0 Å². The number of nitrogens with one attached hydrogen (secondary N) is 1. The lowest BCUT2D eigenvalue weighted by Crippen LogP contribution is -2.08. The zero-order chi connectivity index (χ0) is 13.2. The molecule has 0 spiro atoms. The van der Waals surface area contributed by atoms with Crippen molar-refractivity contribution in [3.05, 3.63) is 47.7 Å². The zero-order valence-corrected chi connectivity index (χ0v) is 11.3. The predicted octanol–water partition coefficient (Wildman–Crippen LogP) is 3.45. The molecule has 0 bridgehead atoms. The normalized spacial score (nSPS) is 12.5. The van der Waals surface area contributed by atoms with E-state index in [1.54, 1.807) is 17.5 Å². The van der Waals surface area contributed by atoms with Crippen molar-refractivity contribution in [1.82, 2.24) is 9.97 Å². The monoisotopic (exact) mass is 270 g/mol. The van der Waals surface area contributed by atoms with Crippen LogP contribution in [0.4, 0.5) is 11.4 Å². The summed E-state index contributed by atoms with van der Waals surface area (Å²) in [5, 5.41) is 3.41. The van der Waals surface area contributed by atoms with Gasteiger partial charge in [0.15, 0.2) is 0 Å². The van der Waals surface area contributed by atoms with Crippen LogP contribution in [0.5, 0.6) is 0 Å². The van der Waals surface area contributed by atoms with E-state index in [4.69, 9.17) is 5.73 Å². The summed E-state index contributed by atoms with van der Waals surface area (Å²) >= 11 is 1.60.